The molecule has 2 rings (SSSR count). The number of rotatable bonds is 8. The van der Waals surface area contributed by atoms with E-state index in [1.54, 1.807) is 55.6 Å². The number of carbonyl (C=O) groups is 3. The van der Waals surface area contributed by atoms with Crippen LogP contribution in [-0.2, 0) is 11.3 Å². The molecule has 4 N–H and O–H groups in total. The number of urea groups is 1. The standard InChI is InChI=1S/C20H24N4O4/c1-3-24(13-18(25)23-16-5-4-6-17(11-16)28-2)19(26)15-9-7-14(8-10-15)12-22-20(21)27/h4-11H,3,12-13H2,1-2H3,(H,23,25)(H3,21,22,27). The van der Waals surface area contributed by atoms with Crippen molar-refractivity contribution < 1.29 is 19.1 Å². The van der Waals surface area contributed by atoms with Crippen LogP contribution >= 0.6 is 0 Å². The molecule has 2 aromatic carbocycles. The summed E-state index contributed by atoms with van der Waals surface area (Å²) < 4.78 is 5.13. The molecule has 148 valence electrons. The number of nitrogens with zero attached hydrogens (tertiary/aromatic N) is 1. The number of hydrogen-bond acceptors (Lipinski definition) is 4. The van der Waals surface area contributed by atoms with Crippen molar-refractivity contribution in [2.45, 2.75) is 13.5 Å². The Labute approximate surface area is 163 Å². The molecule has 0 saturated carbocycles. The number of carbonyl (C=O) groups excluding carboxylic acids is 3. The van der Waals surface area contributed by atoms with Crippen LogP contribution in [0.15, 0.2) is 48.5 Å². The Morgan fingerprint density at radius 3 is 2.43 bits per heavy atom. The fourth-order valence-electron chi connectivity index (χ4n) is 2.54. The van der Waals surface area contributed by atoms with Crippen molar-refractivity contribution in [2.24, 2.45) is 5.73 Å². The molecule has 0 unspecified atom stereocenters. The van der Waals surface area contributed by atoms with E-state index in [1.807, 2.05) is 6.92 Å². The Bertz CT molecular complexity index is 836. The number of anilines is 1. The number of primary amides is 1. The zero-order valence-electron chi connectivity index (χ0n) is 15.9. The SMILES string of the molecule is CCN(CC(=O)Nc1cccc(OC)c1)C(=O)c1ccc(CNC(N)=O)cc1. The van der Waals surface area contributed by atoms with E-state index in [1.165, 1.54) is 4.90 Å². The highest BCUT2D eigenvalue weighted by Crippen LogP contribution is 2.16. The molecule has 4 amide bonds. The van der Waals surface area contributed by atoms with Crippen molar-refractivity contribution >= 4 is 23.5 Å². The molecule has 0 saturated heterocycles. The van der Waals surface area contributed by atoms with Gasteiger partial charge in [-0.3, -0.25) is 9.59 Å². The molecule has 0 radical (unpaired) electrons. The van der Waals surface area contributed by atoms with Gasteiger partial charge in [-0.25, -0.2) is 4.79 Å². The van der Waals surface area contributed by atoms with E-state index in [4.69, 9.17) is 10.5 Å². The molecule has 0 aliphatic heterocycles. The molecule has 0 atom stereocenters. The third-order valence-electron chi connectivity index (χ3n) is 4.02. The third-order valence-corrected chi connectivity index (χ3v) is 4.02. The molecule has 0 aliphatic carbocycles. The monoisotopic (exact) mass is 384 g/mol. The van der Waals surface area contributed by atoms with Gasteiger partial charge in [-0.15, -0.1) is 0 Å². The molecule has 0 bridgehead atoms. The molecule has 0 heterocycles. The first-order valence-electron chi connectivity index (χ1n) is 8.78. The lowest BCUT2D eigenvalue weighted by Gasteiger charge is -2.20. The summed E-state index contributed by atoms with van der Waals surface area (Å²) in [6.07, 6.45) is 0. The summed E-state index contributed by atoms with van der Waals surface area (Å²) >= 11 is 0. The van der Waals surface area contributed by atoms with Crippen molar-refractivity contribution in [2.75, 3.05) is 25.5 Å². The van der Waals surface area contributed by atoms with Crippen molar-refractivity contribution in [3.63, 3.8) is 0 Å². The smallest absolute Gasteiger partial charge is 0.312 e. The molecule has 0 spiro atoms. The van der Waals surface area contributed by atoms with E-state index >= 15 is 0 Å². The highest BCUT2D eigenvalue weighted by atomic mass is 16.5. The Kier molecular flexibility index (Phi) is 7.38. The highest BCUT2D eigenvalue weighted by molar-refractivity contribution is 5.99. The first kappa shape index (κ1) is 20.8. The summed E-state index contributed by atoms with van der Waals surface area (Å²) in [7, 11) is 1.55. The first-order valence-corrected chi connectivity index (χ1v) is 8.78. The van der Waals surface area contributed by atoms with Crippen LogP contribution in [0.4, 0.5) is 10.5 Å². The van der Waals surface area contributed by atoms with Crippen LogP contribution in [0.5, 0.6) is 5.75 Å². The maximum absolute atomic E-state index is 12.7. The van der Waals surface area contributed by atoms with Gasteiger partial charge in [-0.05, 0) is 36.8 Å². The lowest BCUT2D eigenvalue weighted by molar-refractivity contribution is -0.116. The van der Waals surface area contributed by atoms with Crippen LogP contribution in [0.3, 0.4) is 0 Å². The van der Waals surface area contributed by atoms with Crippen molar-refractivity contribution in [1.29, 1.82) is 0 Å². The van der Waals surface area contributed by atoms with Gasteiger partial charge in [0.1, 0.15) is 12.3 Å². The number of hydrogen-bond donors (Lipinski definition) is 3. The summed E-state index contributed by atoms with van der Waals surface area (Å²) in [5.74, 6) is 0.0792. The number of likely N-dealkylation sites (N-methyl/N-ethyl adjacent to an activating group) is 1. The van der Waals surface area contributed by atoms with Gasteiger partial charge in [0.25, 0.3) is 5.91 Å². The fraction of sp³-hybridized carbons (Fsp3) is 0.250. The minimum absolute atomic E-state index is 0.0719. The van der Waals surface area contributed by atoms with Crippen molar-refractivity contribution in [3.05, 3.63) is 59.7 Å². The summed E-state index contributed by atoms with van der Waals surface area (Å²) in [6, 6.07) is 13.2. The molecular weight excluding hydrogens is 360 g/mol. The number of nitrogens with two attached hydrogens (primary N) is 1. The third kappa shape index (κ3) is 6.01. The van der Waals surface area contributed by atoms with Crippen LogP contribution in [-0.4, -0.2) is 42.9 Å². The van der Waals surface area contributed by atoms with Gasteiger partial charge < -0.3 is 26.0 Å². The second-order valence-corrected chi connectivity index (χ2v) is 6.01. The minimum atomic E-state index is -0.612. The molecular formula is C20H24N4O4. The molecule has 0 aromatic heterocycles. The zero-order valence-corrected chi connectivity index (χ0v) is 15.9. The van der Waals surface area contributed by atoms with E-state index in [9.17, 15) is 14.4 Å². The number of benzene rings is 2. The second kappa shape index (κ2) is 9.96. The molecule has 2 aromatic rings. The fourth-order valence-corrected chi connectivity index (χ4v) is 2.54. The second-order valence-electron chi connectivity index (χ2n) is 6.01. The Morgan fingerprint density at radius 1 is 1.11 bits per heavy atom. The molecule has 8 heteroatoms. The van der Waals surface area contributed by atoms with E-state index in [-0.39, 0.29) is 24.9 Å². The largest absolute Gasteiger partial charge is 0.497 e. The molecule has 0 fully saturated rings. The van der Waals surface area contributed by atoms with Crippen LogP contribution in [0.25, 0.3) is 0 Å². The maximum Gasteiger partial charge on any atom is 0.312 e. The van der Waals surface area contributed by atoms with Crippen molar-refractivity contribution in [1.82, 2.24) is 10.2 Å². The first-order chi connectivity index (χ1) is 13.4. The van der Waals surface area contributed by atoms with Gasteiger partial charge in [0, 0.05) is 30.4 Å². The lowest BCUT2D eigenvalue weighted by atomic mass is 10.1. The predicted octanol–water partition coefficient (Wildman–Crippen LogP) is 1.96. The predicted molar refractivity (Wildman–Crippen MR) is 106 cm³/mol. The van der Waals surface area contributed by atoms with Gasteiger partial charge >= 0.3 is 6.03 Å². The average Bonchev–Trinajstić information content (AvgIpc) is 2.70. The zero-order chi connectivity index (χ0) is 20.5. The minimum Gasteiger partial charge on any atom is -0.497 e. The van der Waals surface area contributed by atoms with Gasteiger partial charge in [0.05, 0.1) is 7.11 Å². The van der Waals surface area contributed by atoms with Crippen LogP contribution in [0, 0.1) is 0 Å². The summed E-state index contributed by atoms with van der Waals surface area (Å²) in [4.78, 5) is 37.2. The summed E-state index contributed by atoms with van der Waals surface area (Å²) in [5, 5.41) is 5.24. The van der Waals surface area contributed by atoms with E-state index < -0.39 is 6.03 Å². The van der Waals surface area contributed by atoms with Gasteiger partial charge in [0.2, 0.25) is 5.91 Å². The van der Waals surface area contributed by atoms with E-state index in [2.05, 4.69) is 10.6 Å². The van der Waals surface area contributed by atoms with E-state index in [0.717, 1.165) is 5.56 Å². The Hall–Kier alpha value is -3.55. The average molecular weight is 384 g/mol. The highest BCUT2D eigenvalue weighted by Gasteiger charge is 2.17. The van der Waals surface area contributed by atoms with Crippen molar-refractivity contribution in [3.8, 4) is 5.75 Å². The number of amides is 4. The summed E-state index contributed by atoms with van der Waals surface area (Å²) in [6.45, 7) is 2.40. The van der Waals surface area contributed by atoms with Gasteiger partial charge in [-0.2, -0.15) is 0 Å². The lowest BCUT2D eigenvalue weighted by Crippen LogP contribution is -2.37. The Morgan fingerprint density at radius 2 is 1.82 bits per heavy atom. The van der Waals surface area contributed by atoms with Crippen LogP contribution in [0.1, 0.15) is 22.8 Å². The van der Waals surface area contributed by atoms with Crippen LogP contribution in [0.2, 0.25) is 0 Å². The summed E-state index contributed by atoms with van der Waals surface area (Å²) in [5.41, 5.74) is 6.91. The Balaban J connectivity index is 1.98. The van der Waals surface area contributed by atoms with Crippen LogP contribution < -0.4 is 21.1 Å². The molecule has 0 aliphatic rings. The molecule has 28 heavy (non-hydrogen) atoms. The number of ether oxygens (including phenoxy) is 1. The van der Waals surface area contributed by atoms with Gasteiger partial charge in [-0.1, -0.05) is 18.2 Å². The number of methoxy groups -OCH3 is 1. The normalized spacial score (nSPS) is 10.1. The topological polar surface area (TPSA) is 114 Å². The quantitative estimate of drug-likeness (QED) is 0.645. The maximum atomic E-state index is 12.7. The molecule has 8 nitrogen and oxygen atoms in total. The number of nitrogens with one attached hydrogen (secondary N) is 2. The van der Waals surface area contributed by atoms with Gasteiger partial charge in [0.15, 0.2) is 0 Å². The van der Waals surface area contributed by atoms with E-state index in [0.29, 0.717) is 23.5 Å².